The van der Waals surface area contributed by atoms with Gasteiger partial charge in [0.1, 0.15) is 0 Å². The maximum absolute atomic E-state index is 3.60. The number of hydrogen-bond donors (Lipinski definition) is 0. The summed E-state index contributed by atoms with van der Waals surface area (Å²) in [5.74, 6) is 0.471. The lowest BCUT2D eigenvalue weighted by atomic mass is 9.85. The van der Waals surface area contributed by atoms with Crippen molar-refractivity contribution in [3.63, 3.8) is 0 Å². The van der Waals surface area contributed by atoms with Gasteiger partial charge in [0.2, 0.25) is 0 Å². The molecule has 21 heavy (non-hydrogen) atoms. The van der Waals surface area contributed by atoms with Crippen LogP contribution in [0, 0.1) is 0 Å². The molecule has 0 aliphatic carbocycles. The zero-order valence-corrected chi connectivity index (χ0v) is 14.2. The number of halogens is 1. The molecule has 0 spiro atoms. The number of benzene rings is 2. The van der Waals surface area contributed by atoms with Gasteiger partial charge in [0.25, 0.3) is 0 Å². The lowest BCUT2D eigenvalue weighted by Gasteiger charge is -2.32. The predicted molar refractivity (Wildman–Crippen MR) is 94.1 cm³/mol. The van der Waals surface area contributed by atoms with Gasteiger partial charge in [-0.2, -0.15) is 0 Å². The molecular weight excluding hydrogens is 342 g/mol. The third kappa shape index (κ3) is 2.44. The Hall–Kier alpha value is -1.16. The van der Waals surface area contributed by atoms with E-state index in [-0.39, 0.29) is 0 Å². The van der Waals surface area contributed by atoms with Gasteiger partial charge in [0.05, 0.1) is 0 Å². The van der Waals surface area contributed by atoms with Crippen LogP contribution < -0.4 is 0 Å². The van der Waals surface area contributed by atoms with E-state index in [1.807, 2.05) is 11.3 Å². The Kier molecular flexibility index (Phi) is 3.37. The van der Waals surface area contributed by atoms with Crippen molar-refractivity contribution >= 4 is 37.4 Å². The lowest BCUT2D eigenvalue weighted by Crippen LogP contribution is -2.30. The number of likely N-dealkylation sites (N-methyl/N-ethyl adjacent to an activating group) is 1. The summed E-state index contributed by atoms with van der Waals surface area (Å²) >= 11 is 5.43. The molecule has 0 N–H and O–H groups in total. The zero-order chi connectivity index (χ0) is 14.4. The largest absolute Gasteiger partial charge is 0.301 e. The first-order valence-electron chi connectivity index (χ1n) is 7.15. The van der Waals surface area contributed by atoms with Crippen molar-refractivity contribution in [1.29, 1.82) is 0 Å². The van der Waals surface area contributed by atoms with Gasteiger partial charge in [0, 0.05) is 28.2 Å². The third-order valence-electron chi connectivity index (χ3n) is 4.30. The van der Waals surface area contributed by atoms with E-state index in [0.717, 1.165) is 13.1 Å². The molecule has 0 saturated heterocycles. The molecule has 1 aliphatic heterocycles. The van der Waals surface area contributed by atoms with Crippen LogP contribution in [0.25, 0.3) is 10.1 Å². The highest BCUT2D eigenvalue weighted by Crippen LogP contribution is 2.36. The molecule has 3 aromatic rings. The van der Waals surface area contributed by atoms with E-state index in [1.165, 1.54) is 31.2 Å². The summed E-state index contributed by atoms with van der Waals surface area (Å²) in [5.41, 5.74) is 4.35. The topological polar surface area (TPSA) is 3.24 Å². The summed E-state index contributed by atoms with van der Waals surface area (Å²) in [7, 11) is 2.21. The molecule has 1 atom stereocenters. The van der Waals surface area contributed by atoms with Gasteiger partial charge in [-0.3, -0.25) is 0 Å². The summed E-state index contributed by atoms with van der Waals surface area (Å²) in [6, 6.07) is 15.8. The molecule has 1 aliphatic rings. The summed E-state index contributed by atoms with van der Waals surface area (Å²) in [5, 5.41) is 3.52. The minimum atomic E-state index is 0.471. The summed E-state index contributed by atoms with van der Waals surface area (Å²) in [6.45, 7) is 2.12. The highest BCUT2D eigenvalue weighted by molar-refractivity contribution is 9.10. The first-order chi connectivity index (χ1) is 10.2. The summed E-state index contributed by atoms with van der Waals surface area (Å²) in [6.07, 6.45) is 0. The smallest absolute Gasteiger partial charge is 0.0345 e. The molecule has 106 valence electrons. The minimum Gasteiger partial charge on any atom is -0.301 e. The molecule has 0 saturated carbocycles. The Balaban J connectivity index is 1.84. The van der Waals surface area contributed by atoms with E-state index in [2.05, 4.69) is 75.7 Å². The monoisotopic (exact) mass is 357 g/mol. The van der Waals surface area contributed by atoms with Gasteiger partial charge >= 0.3 is 0 Å². The molecule has 1 aromatic heterocycles. The van der Waals surface area contributed by atoms with Gasteiger partial charge in [-0.1, -0.05) is 34.1 Å². The highest BCUT2D eigenvalue weighted by Gasteiger charge is 2.25. The first kappa shape index (κ1) is 13.5. The number of hydrogen-bond acceptors (Lipinski definition) is 2. The van der Waals surface area contributed by atoms with Crippen LogP contribution in [0.4, 0.5) is 0 Å². The van der Waals surface area contributed by atoms with Crippen LogP contribution in [0.2, 0.25) is 0 Å². The van der Waals surface area contributed by atoms with E-state index in [9.17, 15) is 0 Å². The standard InChI is InChI=1S/C18H16BrNS/c1-20-10-14-8-15(19)4-5-16(14)17(11-20)13-3-2-12-6-7-21-18(12)9-13/h2-9,17H,10-11H2,1H3. The van der Waals surface area contributed by atoms with E-state index in [1.54, 1.807) is 0 Å². The van der Waals surface area contributed by atoms with Gasteiger partial charge in [-0.15, -0.1) is 11.3 Å². The van der Waals surface area contributed by atoms with Crippen molar-refractivity contribution in [2.75, 3.05) is 13.6 Å². The fourth-order valence-electron chi connectivity index (χ4n) is 3.29. The summed E-state index contributed by atoms with van der Waals surface area (Å²) < 4.78 is 2.56. The molecule has 2 aromatic carbocycles. The fraction of sp³-hybridized carbons (Fsp3) is 0.222. The molecule has 1 unspecified atom stereocenters. The number of nitrogens with zero attached hydrogens (tertiary/aromatic N) is 1. The molecular formula is C18H16BrNS. The van der Waals surface area contributed by atoms with E-state index in [0.29, 0.717) is 5.92 Å². The summed E-state index contributed by atoms with van der Waals surface area (Å²) in [4.78, 5) is 2.41. The van der Waals surface area contributed by atoms with Crippen LogP contribution in [0.5, 0.6) is 0 Å². The van der Waals surface area contributed by atoms with Crippen LogP contribution in [0.15, 0.2) is 52.3 Å². The van der Waals surface area contributed by atoms with E-state index in [4.69, 9.17) is 0 Å². The molecule has 3 heteroatoms. The lowest BCUT2D eigenvalue weighted by molar-refractivity contribution is 0.295. The Morgan fingerprint density at radius 3 is 2.95 bits per heavy atom. The van der Waals surface area contributed by atoms with Crippen LogP contribution in [-0.2, 0) is 6.54 Å². The maximum atomic E-state index is 3.60. The Morgan fingerprint density at radius 1 is 1.14 bits per heavy atom. The molecule has 2 heterocycles. The Morgan fingerprint density at radius 2 is 2.05 bits per heavy atom. The first-order valence-corrected chi connectivity index (χ1v) is 8.82. The average molecular weight is 358 g/mol. The quantitative estimate of drug-likeness (QED) is 0.575. The van der Waals surface area contributed by atoms with E-state index < -0.39 is 0 Å². The van der Waals surface area contributed by atoms with Gasteiger partial charge < -0.3 is 4.90 Å². The number of thiophene rings is 1. The van der Waals surface area contributed by atoms with Crippen molar-refractivity contribution in [1.82, 2.24) is 4.90 Å². The van der Waals surface area contributed by atoms with Crippen LogP contribution in [0.3, 0.4) is 0 Å². The second kappa shape index (κ2) is 5.24. The Labute approximate surface area is 137 Å². The normalized spacial score (nSPS) is 18.9. The Bertz CT molecular complexity index is 808. The van der Waals surface area contributed by atoms with Crippen molar-refractivity contribution in [2.45, 2.75) is 12.5 Å². The SMILES string of the molecule is CN1Cc2cc(Br)ccc2C(c2ccc3ccsc3c2)C1. The average Bonchev–Trinajstić information content (AvgIpc) is 2.93. The highest BCUT2D eigenvalue weighted by atomic mass is 79.9. The fourth-order valence-corrected chi connectivity index (χ4v) is 4.54. The number of rotatable bonds is 1. The molecule has 1 nitrogen and oxygen atoms in total. The molecule has 0 radical (unpaired) electrons. The predicted octanol–water partition coefficient (Wildman–Crippen LogP) is 5.24. The van der Waals surface area contributed by atoms with Crippen molar-refractivity contribution in [2.24, 2.45) is 0 Å². The number of fused-ring (bicyclic) bond motifs is 2. The van der Waals surface area contributed by atoms with Crippen molar-refractivity contribution in [3.8, 4) is 0 Å². The van der Waals surface area contributed by atoms with Gasteiger partial charge in [-0.25, -0.2) is 0 Å². The third-order valence-corrected chi connectivity index (χ3v) is 5.67. The second-order valence-electron chi connectivity index (χ2n) is 5.81. The second-order valence-corrected chi connectivity index (χ2v) is 7.67. The maximum Gasteiger partial charge on any atom is 0.0345 e. The van der Waals surface area contributed by atoms with Crippen molar-refractivity contribution in [3.05, 3.63) is 69.0 Å². The molecule has 0 bridgehead atoms. The van der Waals surface area contributed by atoms with E-state index >= 15 is 0 Å². The van der Waals surface area contributed by atoms with Crippen molar-refractivity contribution < 1.29 is 0 Å². The van der Waals surface area contributed by atoms with Crippen LogP contribution >= 0.6 is 27.3 Å². The van der Waals surface area contributed by atoms with Crippen LogP contribution in [-0.4, -0.2) is 18.5 Å². The molecule has 0 amide bonds. The zero-order valence-electron chi connectivity index (χ0n) is 11.8. The molecule has 4 rings (SSSR count). The van der Waals surface area contributed by atoms with Gasteiger partial charge in [0.15, 0.2) is 0 Å². The molecule has 0 fully saturated rings. The van der Waals surface area contributed by atoms with Crippen LogP contribution in [0.1, 0.15) is 22.6 Å². The van der Waals surface area contributed by atoms with Gasteiger partial charge in [-0.05, 0) is 58.8 Å². The minimum absolute atomic E-state index is 0.471.